The van der Waals surface area contributed by atoms with E-state index < -0.39 is 10.0 Å². The number of rotatable bonds is 3. The molecule has 1 aromatic rings. The molecule has 2 rings (SSSR count). The zero-order valence-electron chi connectivity index (χ0n) is 10.4. The van der Waals surface area contributed by atoms with Crippen molar-refractivity contribution in [1.82, 2.24) is 9.29 Å². The average Bonchev–Trinajstić information content (AvgIpc) is 2.39. The molecule has 1 saturated heterocycles. The molecule has 0 aliphatic carbocycles. The van der Waals surface area contributed by atoms with Crippen LogP contribution < -0.4 is 5.73 Å². The second-order valence-corrected chi connectivity index (χ2v) is 7.76. The molecule has 0 aromatic carbocycles. The van der Waals surface area contributed by atoms with Gasteiger partial charge >= 0.3 is 0 Å². The first kappa shape index (κ1) is 14.7. The van der Waals surface area contributed by atoms with Gasteiger partial charge in [-0.15, -0.1) is 0 Å². The Labute approximate surface area is 122 Å². The summed E-state index contributed by atoms with van der Waals surface area (Å²) in [5.41, 5.74) is 5.87. The van der Waals surface area contributed by atoms with Crippen LogP contribution in [0.5, 0.6) is 0 Å². The number of pyridine rings is 1. The predicted molar refractivity (Wildman–Crippen MR) is 80.8 cm³/mol. The summed E-state index contributed by atoms with van der Waals surface area (Å²) in [4.78, 5) is 4.33. The minimum absolute atomic E-state index is 0.000915. The van der Waals surface area contributed by atoms with Gasteiger partial charge in [0.1, 0.15) is 9.88 Å². The van der Waals surface area contributed by atoms with Crippen LogP contribution in [0.2, 0.25) is 0 Å². The summed E-state index contributed by atoms with van der Waals surface area (Å²) in [5.74, 6) is 1.64. The third-order valence-electron chi connectivity index (χ3n) is 2.90. The second-order valence-electron chi connectivity index (χ2n) is 4.28. The van der Waals surface area contributed by atoms with Crippen LogP contribution in [0.25, 0.3) is 0 Å². The largest absolute Gasteiger partial charge is 0.388 e. The number of hydrogen-bond acceptors (Lipinski definition) is 5. The normalized spacial score (nSPS) is 21.2. The topological polar surface area (TPSA) is 76.3 Å². The molecule has 0 radical (unpaired) electrons. The summed E-state index contributed by atoms with van der Waals surface area (Å²) < 4.78 is 26.5. The number of nitrogens with zero attached hydrogens (tertiary/aromatic N) is 2. The second kappa shape index (κ2) is 5.74. The lowest BCUT2D eigenvalue weighted by Gasteiger charge is -2.31. The quantitative estimate of drug-likeness (QED) is 0.833. The Morgan fingerprint density at radius 3 is 2.84 bits per heavy atom. The fourth-order valence-corrected chi connectivity index (χ4v) is 4.80. The van der Waals surface area contributed by atoms with Crippen molar-refractivity contribution in [1.29, 1.82) is 0 Å². The van der Waals surface area contributed by atoms with Gasteiger partial charge < -0.3 is 5.73 Å². The molecule has 1 atom stereocenters. The highest BCUT2D eigenvalue weighted by Gasteiger charge is 2.31. The zero-order chi connectivity index (χ0) is 14.0. The molecule has 0 spiro atoms. The lowest BCUT2D eigenvalue weighted by molar-refractivity contribution is 0.367. The Bertz CT molecular complexity index is 571. The molecule has 1 unspecified atom stereocenters. The van der Waals surface area contributed by atoms with E-state index in [9.17, 15) is 8.42 Å². The maximum atomic E-state index is 12.5. The van der Waals surface area contributed by atoms with E-state index in [0.717, 1.165) is 11.5 Å². The fraction of sp³-hybridized carbons (Fsp3) is 0.455. The molecule has 0 amide bonds. The molecule has 0 bridgehead atoms. The van der Waals surface area contributed by atoms with Crippen molar-refractivity contribution in [3.63, 3.8) is 0 Å². The first-order valence-corrected chi connectivity index (χ1v) is 8.78. The molecule has 19 heavy (non-hydrogen) atoms. The molecule has 104 valence electrons. The van der Waals surface area contributed by atoms with Crippen LogP contribution in [0.15, 0.2) is 23.2 Å². The maximum absolute atomic E-state index is 12.5. The SMILES string of the molecule is CC1CSCCN1S(=O)(=O)c1ccc(C(N)=S)nc1. The van der Waals surface area contributed by atoms with Crippen LogP contribution >= 0.6 is 24.0 Å². The van der Waals surface area contributed by atoms with Crippen molar-refractivity contribution < 1.29 is 8.42 Å². The summed E-state index contributed by atoms with van der Waals surface area (Å²) in [6.07, 6.45) is 1.32. The van der Waals surface area contributed by atoms with E-state index in [1.165, 1.54) is 16.6 Å². The molecule has 1 fully saturated rings. The van der Waals surface area contributed by atoms with Crippen LogP contribution in [0, 0.1) is 0 Å². The van der Waals surface area contributed by atoms with E-state index in [2.05, 4.69) is 4.98 Å². The van der Waals surface area contributed by atoms with Crippen LogP contribution in [-0.2, 0) is 10.0 Å². The fourth-order valence-electron chi connectivity index (χ4n) is 1.88. The smallest absolute Gasteiger partial charge is 0.244 e. The van der Waals surface area contributed by atoms with Gasteiger partial charge in [-0.25, -0.2) is 8.42 Å². The third-order valence-corrected chi connectivity index (χ3v) is 6.30. The highest BCUT2D eigenvalue weighted by Crippen LogP contribution is 2.23. The lowest BCUT2D eigenvalue weighted by atomic mass is 10.3. The van der Waals surface area contributed by atoms with Gasteiger partial charge in [0.2, 0.25) is 10.0 Å². The van der Waals surface area contributed by atoms with Gasteiger partial charge in [0, 0.05) is 30.3 Å². The standard InChI is InChI=1S/C11H15N3O2S3/c1-8-7-18-5-4-14(8)19(15,16)9-2-3-10(11(12)17)13-6-9/h2-3,6,8H,4-5,7H2,1H3,(H2,12,17). The number of nitrogens with two attached hydrogens (primary N) is 1. The average molecular weight is 317 g/mol. The number of hydrogen-bond donors (Lipinski definition) is 1. The van der Waals surface area contributed by atoms with Crippen LogP contribution in [0.1, 0.15) is 12.6 Å². The van der Waals surface area contributed by atoms with Crippen LogP contribution in [0.3, 0.4) is 0 Å². The number of thioether (sulfide) groups is 1. The summed E-state index contributed by atoms with van der Waals surface area (Å²) >= 11 is 6.56. The predicted octanol–water partition coefficient (Wildman–Crippen LogP) is 0.842. The van der Waals surface area contributed by atoms with Gasteiger partial charge in [0.05, 0.1) is 5.69 Å². The Balaban J connectivity index is 2.30. The van der Waals surface area contributed by atoms with Gasteiger partial charge in [-0.2, -0.15) is 16.1 Å². The van der Waals surface area contributed by atoms with Gasteiger partial charge in [-0.05, 0) is 19.1 Å². The molecule has 5 nitrogen and oxygen atoms in total. The van der Waals surface area contributed by atoms with E-state index in [4.69, 9.17) is 18.0 Å². The van der Waals surface area contributed by atoms with Crippen molar-refractivity contribution in [3.8, 4) is 0 Å². The minimum Gasteiger partial charge on any atom is -0.388 e. The highest BCUT2D eigenvalue weighted by molar-refractivity contribution is 7.99. The number of sulfonamides is 1. The van der Waals surface area contributed by atoms with E-state index in [-0.39, 0.29) is 15.9 Å². The number of thiocarbonyl (C=S) groups is 1. The molecule has 8 heteroatoms. The van der Waals surface area contributed by atoms with Crippen LogP contribution in [-0.4, -0.2) is 46.8 Å². The Hall–Kier alpha value is -0.700. The van der Waals surface area contributed by atoms with E-state index in [1.807, 2.05) is 6.92 Å². The molecule has 2 heterocycles. The first-order valence-electron chi connectivity index (χ1n) is 5.78. The Kier molecular flexibility index (Phi) is 4.44. The molecule has 1 aliphatic rings. The molecular formula is C11H15N3O2S3. The monoisotopic (exact) mass is 317 g/mol. The molecule has 2 N–H and O–H groups in total. The van der Waals surface area contributed by atoms with E-state index in [0.29, 0.717) is 12.2 Å². The van der Waals surface area contributed by atoms with Gasteiger partial charge in [-0.3, -0.25) is 4.98 Å². The molecule has 0 saturated carbocycles. The lowest BCUT2D eigenvalue weighted by Crippen LogP contribution is -2.44. The first-order chi connectivity index (χ1) is 8.93. The molecule has 1 aromatic heterocycles. The van der Waals surface area contributed by atoms with Crippen molar-refractivity contribution in [2.24, 2.45) is 5.73 Å². The minimum atomic E-state index is -3.48. The van der Waals surface area contributed by atoms with Crippen LogP contribution in [0.4, 0.5) is 0 Å². The van der Waals surface area contributed by atoms with Crippen molar-refractivity contribution >= 4 is 39.0 Å². The molecular weight excluding hydrogens is 302 g/mol. The van der Waals surface area contributed by atoms with Gasteiger partial charge in [0.15, 0.2) is 0 Å². The number of aromatic nitrogens is 1. The van der Waals surface area contributed by atoms with Crippen molar-refractivity contribution in [2.75, 3.05) is 18.1 Å². The van der Waals surface area contributed by atoms with E-state index in [1.54, 1.807) is 17.8 Å². The summed E-state index contributed by atoms with van der Waals surface area (Å²) in [6, 6.07) is 3.04. The summed E-state index contributed by atoms with van der Waals surface area (Å²) in [7, 11) is -3.48. The summed E-state index contributed by atoms with van der Waals surface area (Å²) in [6.45, 7) is 2.45. The van der Waals surface area contributed by atoms with Gasteiger partial charge in [0.25, 0.3) is 0 Å². The van der Waals surface area contributed by atoms with Crippen molar-refractivity contribution in [3.05, 3.63) is 24.0 Å². The Morgan fingerprint density at radius 1 is 1.58 bits per heavy atom. The van der Waals surface area contributed by atoms with Gasteiger partial charge in [-0.1, -0.05) is 12.2 Å². The third kappa shape index (κ3) is 3.07. The summed E-state index contributed by atoms with van der Waals surface area (Å²) in [5, 5.41) is 0. The van der Waals surface area contributed by atoms with E-state index >= 15 is 0 Å². The maximum Gasteiger partial charge on any atom is 0.244 e. The molecule has 1 aliphatic heterocycles. The zero-order valence-corrected chi connectivity index (χ0v) is 12.9. The van der Waals surface area contributed by atoms with Crippen molar-refractivity contribution in [2.45, 2.75) is 17.9 Å². The Morgan fingerprint density at radius 2 is 2.32 bits per heavy atom. The highest BCUT2D eigenvalue weighted by atomic mass is 32.2.